The van der Waals surface area contributed by atoms with E-state index < -0.39 is 29.6 Å². The summed E-state index contributed by atoms with van der Waals surface area (Å²) in [5.74, 6) is 0. The Morgan fingerprint density at radius 1 is 1.04 bits per heavy atom. The molecule has 5 heteroatoms. The predicted octanol–water partition coefficient (Wildman–Crippen LogP) is 5.64. The molecule has 0 saturated carbocycles. The molecule has 0 radical (unpaired) electrons. The lowest BCUT2D eigenvalue weighted by molar-refractivity contribution is -0.00698. The molecule has 3 rings (SSSR count). The average Bonchev–Trinajstić information content (AvgIpc) is 3.17. The largest absolute Gasteiger partial charge is 0.444 e. The number of hydrogen-bond acceptors (Lipinski definition) is 2. The maximum Gasteiger partial charge on any atom is 0.410 e. The summed E-state index contributed by atoms with van der Waals surface area (Å²) in [6.45, 7) is 5.64. The number of hydrogen-bond donors (Lipinski definition) is 0. The molecule has 1 heterocycles. The normalized spacial score (nSPS) is 18.8. The first-order valence-electron chi connectivity index (χ1n) is 9.67. The topological polar surface area (TPSA) is 29.5 Å². The van der Waals surface area contributed by atoms with Crippen molar-refractivity contribution in [3.05, 3.63) is 71.8 Å². The van der Waals surface area contributed by atoms with Crippen LogP contribution in [0.5, 0.6) is 0 Å². The molecule has 0 aromatic heterocycles. The van der Waals surface area contributed by atoms with Crippen molar-refractivity contribution in [2.24, 2.45) is 0 Å². The van der Waals surface area contributed by atoms with E-state index in [4.69, 9.17) is 4.74 Å². The van der Waals surface area contributed by atoms with Crippen molar-refractivity contribution in [3.63, 3.8) is 0 Å². The molecule has 150 valence electrons. The summed E-state index contributed by atoms with van der Waals surface area (Å²) in [6, 6.07) is 15.8. The van der Waals surface area contributed by atoms with E-state index in [0.29, 0.717) is 19.4 Å². The molecule has 0 bridgehead atoms. The van der Waals surface area contributed by atoms with Crippen LogP contribution in [-0.2, 0) is 10.4 Å². The minimum atomic E-state index is -2.36. The molecule has 1 saturated heterocycles. The van der Waals surface area contributed by atoms with Crippen molar-refractivity contribution in [2.75, 3.05) is 6.54 Å². The van der Waals surface area contributed by atoms with Gasteiger partial charge in [-0.05, 0) is 44.7 Å². The molecule has 0 spiro atoms. The van der Waals surface area contributed by atoms with Gasteiger partial charge in [0.25, 0.3) is 0 Å². The fourth-order valence-electron chi connectivity index (χ4n) is 3.76. The van der Waals surface area contributed by atoms with Gasteiger partial charge in [0, 0.05) is 6.54 Å². The number of benzene rings is 2. The lowest BCUT2D eigenvalue weighted by Gasteiger charge is -2.37. The summed E-state index contributed by atoms with van der Waals surface area (Å²) in [5.41, 5.74) is -2.58. The van der Waals surface area contributed by atoms with Gasteiger partial charge in [0.05, 0.1) is 6.04 Å². The molecule has 1 aliphatic rings. The van der Waals surface area contributed by atoms with Crippen LogP contribution < -0.4 is 0 Å². The highest BCUT2D eigenvalue weighted by atomic mass is 19.2. The number of alkyl halides is 2. The molecular weight excluding hydrogens is 360 g/mol. The Kier molecular flexibility index (Phi) is 5.73. The van der Waals surface area contributed by atoms with Gasteiger partial charge in [-0.1, -0.05) is 60.7 Å². The molecular formula is C23H27F2NO2. The molecule has 2 aromatic carbocycles. The van der Waals surface area contributed by atoms with E-state index in [2.05, 4.69) is 0 Å². The van der Waals surface area contributed by atoms with Gasteiger partial charge in [-0.2, -0.15) is 0 Å². The van der Waals surface area contributed by atoms with E-state index >= 15 is 8.78 Å². The van der Waals surface area contributed by atoms with Crippen molar-refractivity contribution in [1.82, 2.24) is 4.90 Å². The monoisotopic (exact) mass is 387 g/mol. The van der Waals surface area contributed by atoms with Crippen molar-refractivity contribution in [1.29, 1.82) is 0 Å². The van der Waals surface area contributed by atoms with Crippen LogP contribution in [0.2, 0.25) is 0 Å². The van der Waals surface area contributed by atoms with Crippen LogP contribution in [0.4, 0.5) is 13.6 Å². The number of rotatable bonds is 4. The maximum absolute atomic E-state index is 16.5. The van der Waals surface area contributed by atoms with Crippen molar-refractivity contribution >= 4 is 6.09 Å². The first kappa shape index (κ1) is 20.3. The molecule has 1 aliphatic heterocycles. The van der Waals surface area contributed by atoms with Gasteiger partial charge >= 0.3 is 6.09 Å². The lowest BCUT2D eigenvalue weighted by Crippen LogP contribution is -2.50. The Balaban J connectivity index is 1.98. The quantitative estimate of drug-likeness (QED) is 0.680. The third kappa shape index (κ3) is 4.03. The molecule has 2 atom stereocenters. The number of amides is 1. The Bertz CT molecular complexity index is 750. The van der Waals surface area contributed by atoms with Crippen LogP contribution in [0.1, 0.15) is 44.7 Å². The highest BCUT2D eigenvalue weighted by Crippen LogP contribution is 2.43. The van der Waals surface area contributed by atoms with E-state index in [0.717, 1.165) is 0 Å². The Hall–Kier alpha value is -2.43. The summed E-state index contributed by atoms with van der Waals surface area (Å²) in [7, 11) is 0. The Labute approximate surface area is 165 Å². The van der Waals surface area contributed by atoms with Gasteiger partial charge in [-0.25, -0.2) is 13.6 Å². The first-order chi connectivity index (χ1) is 13.2. The molecule has 1 amide bonds. The van der Waals surface area contributed by atoms with E-state index in [-0.39, 0.29) is 11.1 Å². The summed E-state index contributed by atoms with van der Waals surface area (Å²) in [5, 5.41) is 0. The van der Waals surface area contributed by atoms with Crippen LogP contribution in [0, 0.1) is 0 Å². The van der Waals surface area contributed by atoms with Gasteiger partial charge in [0.1, 0.15) is 5.60 Å². The van der Waals surface area contributed by atoms with Gasteiger partial charge in [-0.15, -0.1) is 0 Å². The molecule has 0 N–H and O–H groups in total. The SMILES string of the molecule is CC(C)(C)OC(=O)N1CCC[C@H]1[C@@H](F)C(F)(c1ccccc1)c1ccccc1. The van der Waals surface area contributed by atoms with Gasteiger partial charge in [0.15, 0.2) is 11.8 Å². The predicted molar refractivity (Wildman–Crippen MR) is 106 cm³/mol. The smallest absolute Gasteiger partial charge is 0.410 e. The van der Waals surface area contributed by atoms with Crippen LogP contribution in [0.25, 0.3) is 0 Å². The zero-order valence-corrected chi connectivity index (χ0v) is 16.6. The Morgan fingerprint density at radius 2 is 1.54 bits per heavy atom. The average molecular weight is 387 g/mol. The van der Waals surface area contributed by atoms with Gasteiger partial charge in [0.2, 0.25) is 0 Å². The number of carbonyl (C=O) groups is 1. The number of carbonyl (C=O) groups excluding carboxylic acids is 1. The van der Waals surface area contributed by atoms with E-state index in [1.54, 1.807) is 81.4 Å². The Morgan fingerprint density at radius 3 is 2.00 bits per heavy atom. The molecule has 28 heavy (non-hydrogen) atoms. The number of ether oxygens (including phenoxy) is 1. The lowest BCUT2D eigenvalue weighted by atomic mass is 9.80. The summed E-state index contributed by atoms with van der Waals surface area (Å²) >= 11 is 0. The third-order valence-electron chi connectivity index (χ3n) is 5.03. The van der Waals surface area contributed by atoms with Crippen LogP contribution in [0.3, 0.4) is 0 Å². The summed E-state index contributed by atoms with van der Waals surface area (Å²) in [4.78, 5) is 13.9. The molecule has 2 aromatic rings. The van der Waals surface area contributed by atoms with Crippen LogP contribution in [0.15, 0.2) is 60.7 Å². The van der Waals surface area contributed by atoms with Crippen LogP contribution in [-0.4, -0.2) is 35.4 Å². The summed E-state index contributed by atoms with van der Waals surface area (Å²) in [6.07, 6.45) is -1.51. The fraction of sp³-hybridized carbons (Fsp3) is 0.435. The second kappa shape index (κ2) is 7.90. The number of likely N-dealkylation sites (tertiary alicyclic amines) is 1. The standard InChI is InChI=1S/C23H27F2NO2/c1-22(2,3)28-21(27)26-16-10-15-19(26)20(24)23(25,17-11-6-4-7-12-17)18-13-8-5-9-14-18/h4-9,11-14,19-20H,10,15-16H2,1-3H3/t19-,20+/m0/s1. The number of nitrogens with zero attached hydrogens (tertiary/aromatic N) is 1. The van der Waals surface area contributed by atoms with Crippen molar-refractivity contribution in [2.45, 2.75) is 57.1 Å². The van der Waals surface area contributed by atoms with Crippen molar-refractivity contribution < 1.29 is 18.3 Å². The molecule has 1 fully saturated rings. The highest BCUT2D eigenvalue weighted by Gasteiger charge is 2.51. The van der Waals surface area contributed by atoms with Gasteiger partial charge in [-0.3, -0.25) is 0 Å². The zero-order chi connectivity index (χ0) is 20.4. The molecule has 0 aliphatic carbocycles. The fourth-order valence-corrected chi connectivity index (χ4v) is 3.76. The van der Waals surface area contributed by atoms with Crippen LogP contribution >= 0.6 is 0 Å². The zero-order valence-electron chi connectivity index (χ0n) is 16.6. The minimum Gasteiger partial charge on any atom is -0.444 e. The van der Waals surface area contributed by atoms with Crippen molar-refractivity contribution in [3.8, 4) is 0 Å². The molecule has 3 nitrogen and oxygen atoms in total. The van der Waals surface area contributed by atoms with E-state index in [1.807, 2.05) is 0 Å². The third-order valence-corrected chi connectivity index (χ3v) is 5.03. The number of halogens is 2. The maximum atomic E-state index is 16.5. The highest BCUT2D eigenvalue weighted by molar-refractivity contribution is 5.69. The second-order valence-electron chi connectivity index (χ2n) is 8.23. The first-order valence-corrected chi connectivity index (χ1v) is 9.67. The molecule has 0 unspecified atom stereocenters. The summed E-state index contributed by atoms with van der Waals surface area (Å²) < 4.78 is 37.9. The minimum absolute atomic E-state index is 0.240. The van der Waals surface area contributed by atoms with E-state index in [1.165, 1.54) is 4.90 Å². The van der Waals surface area contributed by atoms with E-state index in [9.17, 15) is 4.79 Å². The van der Waals surface area contributed by atoms with Gasteiger partial charge < -0.3 is 9.64 Å². The second-order valence-corrected chi connectivity index (χ2v) is 8.23.